The topological polar surface area (TPSA) is 49.5 Å². The molecule has 0 bridgehead atoms. The molecule has 5 heteroatoms. The molecular formula is C14H16O5. The van der Waals surface area contributed by atoms with Gasteiger partial charge in [-0.1, -0.05) is 30.3 Å². The monoisotopic (exact) mass is 264 g/mol. The fourth-order valence-electron chi connectivity index (χ4n) is 2.80. The Morgan fingerprint density at radius 2 is 1.84 bits per heavy atom. The Kier molecular flexibility index (Phi) is 2.82. The Morgan fingerprint density at radius 3 is 2.63 bits per heavy atom. The van der Waals surface area contributed by atoms with E-state index in [9.17, 15) is 0 Å². The van der Waals surface area contributed by atoms with Gasteiger partial charge in [0.25, 0.3) is 0 Å². The van der Waals surface area contributed by atoms with Crippen molar-refractivity contribution in [3.05, 3.63) is 35.9 Å². The molecular weight excluding hydrogens is 248 g/mol. The largest absolute Gasteiger partial charge is 0.361 e. The zero-order valence-electron chi connectivity index (χ0n) is 10.6. The van der Waals surface area contributed by atoms with E-state index in [0.29, 0.717) is 6.61 Å². The van der Waals surface area contributed by atoms with Gasteiger partial charge in [-0.3, -0.25) is 0 Å². The van der Waals surface area contributed by atoms with E-state index in [4.69, 9.17) is 23.7 Å². The molecule has 0 spiro atoms. The highest BCUT2D eigenvalue weighted by molar-refractivity contribution is 5.17. The van der Waals surface area contributed by atoms with Gasteiger partial charge in [0.15, 0.2) is 12.6 Å². The van der Waals surface area contributed by atoms with Gasteiger partial charge in [0.05, 0.1) is 6.61 Å². The molecule has 3 heterocycles. The van der Waals surface area contributed by atoms with Crippen LogP contribution in [-0.2, 0) is 23.7 Å². The summed E-state index contributed by atoms with van der Waals surface area (Å²) >= 11 is 0. The van der Waals surface area contributed by atoms with Crippen molar-refractivity contribution >= 4 is 0 Å². The second kappa shape index (κ2) is 4.54. The molecule has 5 nitrogen and oxygen atoms in total. The Hall–Kier alpha value is -0.980. The number of ether oxygens (including phenoxy) is 5. The van der Waals surface area contributed by atoms with E-state index >= 15 is 0 Å². The quantitative estimate of drug-likeness (QED) is 0.752. The van der Waals surface area contributed by atoms with Crippen molar-refractivity contribution in [2.75, 3.05) is 13.7 Å². The number of hydrogen-bond acceptors (Lipinski definition) is 5. The lowest BCUT2D eigenvalue weighted by Gasteiger charge is -2.39. The van der Waals surface area contributed by atoms with Crippen LogP contribution in [0.15, 0.2) is 30.3 Å². The number of hydrogen-bond donors (Lipinski definition) is 0. The predicted molar refractivity (Wildman–Crippen MR) is 64.3 cm³/mol. The van der Waals surface area contributed by atoms with Gasteiger partial charge in [-0.15, -0.1) is 0 Å². The van der Waals surface area contributed by atoms with Crippen molar-refractivity contribution in [3.63, 3.8) is 0 Å². The molecule has 19 heavy (non-hydrogen) atoms. The zero-order chi connectivity index (χ0) is 12.8. The van der Waals surface area contributed by atoms with Crippen LogP contribution in [0.1, 0.15) is 11.9 Å². The Bertz CT molecular complexity index is 450. The standard InChI is InChI=1S/C14H16O5/c1-15-14-12-11(18-12)10-9(17-14)7-16-13(19-10)8-5-3-2-4-6-8/h2-6,9-14H,7H2,1H3/t9-,10+,11+,12+,13?,14-/m1/s1. The number of rotatable bonds is 2. The van der Waals surface area contributed by atoms with Crippen LogP contribution >= 0.6 is 0 Å². The lowest BCUT2D eigenvalue weighted by molar-refractivity contribution is -0.304. The highest BCUT2D eigenvalue weighted by atomic mass is 16.8. The first-order valence-corrected chi connectivity index (χ1v) is 6.52. The lowest BCUT2D eigenvalue weighted by atomic mass is 10.0. The molecule has 102 valence electrons. The van der Waals surface area contributed by atoms with E-state index in [1.54, 1.807) is 7.11 Å². The maximum absolute atomic E-state index is 6.00. The van der Waals surface area contributed by atoms with Gasteiger partial charge in [0.1, 0.15) is 24.4 Å². The first-order valence-electron chi connectivity index (χ1n) is 6.52. The van der Waals surface area contributed by atoms with E-state index in [1.165, 1.54) is 0 Å². The maximum atomic E-state index is 6.00. The minimum absolute atomic E-state index is 0.000716. The van der Waals surface area contributed by atoms with E-state index in [-0.39, 0.29) is 37.0 Å². The molecule has 3 aliphatic heterocycles. The van der Waals surface area contributed by atoms with Gasteiger partial charge in [-0.25, -0.2) is 0 Å². The number of fused-ring (bicyclic) bond motifs is 3. The lowest BCUT2D eigenvalue weighted by Crippen LogP contribution is -2.52. The van der Waals surface area contributed by atoms with E-state index in [0.717, 1.165) is 5.56 Å². The molecule has 6 atom stereocenters. The van der Waals surface area contributed by atoms with Crippen LogP contribution < -0.4 is 0 Å². The number of methoxy groups -OCH3 is 1. The Labute approximate surface area is 111 Å². The number of benzene rings is 1. The minimum atomic E-state index is -0.338. The molecule has 0 saturated carbocycles. The summed E-state index contributed by atoms with van der Waals surface area (Å²) in [7, 11) is 1.63. The summed E-state index contributed by atoms with van der Waals surface area (Å²) in [5.74, 6) is 0. The maximum Gasteiger partial charge on any atom is 0.186 e. The van der Waals surface area contributed by atoms with Crippen molar-refractivity contribution in [3.8, 4) is 0 Å². The fourth-order valence-corrected chi connectivity index (χ4v) is 2.80. The Balaban J connectivity index is 1.50. The highest BCUT2D eigenvalue weighted by Gasteiger charge is 2.60. The van der Waals surface area contributed by atoms with Crippen LogP contribution in [-0.4, -0.2) is 44.4 Å². The molecule has 0 N–H and O–H groups in total. The first kappa shape index (κ1) is 11.8. The van der Waals surface area contributed by atoms with E-state index in [1.807, 2.05) is 30.3 Å². The molecule has 1 unspecified atom stereocenters. The van der Waals surface area contributed by atoms with Crippen LogP contribution in [0.2, 0.25) is 0 Å². The van der Waals surface area contributed by atoms with Gasteiger partial charge in [-0.2, -0.15) is 0 Å². The smallest absolute Gasteiger partial charge is 0.186 e. The van der Waals surface area contributed by atoms with Gasteiger partial charge in [-0.05, 0) is 0 Å². The van der Waals surface area contributed by atoms with Crippen LogP contribution in [0.25, 0.3) is 0 Å². The summed E-state index contributed by atoms with van der Waals surface area (Å²) in [6.07, 6.45) is -0.759. The summed E-state index contributed by atoms with van der Waals surface area (Å²) < 4.78 is 28.4. The van der Waals surface area contributed by atoms with Crippen molar-refractivity contribution in [1.82, 2.24) is 0 Å². The molecule has 1 aromatic carbocycles. The van der Waals surface area contributed by atoms with Gasteiger partial charge < -0.3 is 23.7 Å². The molecule has 0 radical (unpaired) electrons. The summed E-state index contributed by atoms with van der Waals surface area (Å²) in [6.45, 7) is 0.497. The summed E-state index contributed by atoms with van der Waals surface area (Å²) in [6, 6.07) is 9.92. The molecule has 3 aliphatic rings. The molecule has 0 aliphatic carbocycles. The molecule has 0 amide bonds. The van der Waals surface area contributed by atoms with Crippen LogP contribution in [0.3, 0.4) is 0 Å². The fraction of sp³-hybridized carbons (Fsp3) is 0.571. The van der Waals surface area contributed by atoms with Gasteiger partial charge in [0, 0.05) is 12.7 Å². The third-order valence-electron chi connectivity index (χ3n) is 3.83. The molecule has 3 fully saturated rings. The third kappa shape index (κ3) is 1.98. The third-order valence-corrected chi connectivity index (χ3v) is 3.83. The number of epoxide rings is 1. The summed E-state index contributed by atoms with van der Waals surface area (Å²) in [4.78, 5) is 0. The Morgan fingerprint density at radius 1 is 1.00 bits per heavy atom. The zero-order valence-corrected chi connectivity index (χ0v) is 10.6. The molecule has 1 aromatic rings. The summed E-state index contributed by atoms with van der Waals surface area (Å²) in [5.41, 5.74) is 1.02. The van der Waals surface area contributed by atoms with Crippen LogP contribution in [0, 0.1) is 0 Å². The predicted octanol–water partition coefficient (Wildman–Crippen LogP) is 1.24. The highest BCUT2D eigenvalue weighted by Crippen LogP contribution is 2.43. The summed E-state index contributed by atoms with van der Waals surface area (Å²) in [5, 5.41) is 0. The molecule has 4 rings (SSSR count). The molecule has 3 saturated heterocycles. The normalized spacial score (nSPS) is 44.3. The van der Waals surface area contributed by atoms with Crippen LogP contribution in [0.5, 0.6) is 0 Å². The van der Waals surface area contributed by atoms with Crippen molar-refractivity contribution < 1.29 is 23.7 Å². The van der Waals surface area contributed by atoms with Crippen molar-refractivity contribution in [2.45, 2.75) is 37.0 Å². The van der Waals surface area contributed by atoms with Crippen molar-refractivity contribution in [1.29, 1.82) is 0 Å². The SMILES string of the molecule is CO[C@@H]1O[C@@H]2COC(c3ccccc3)O[C@@H]2[C@@H]2O[C@H]12. The van der Waals surface area contributed by atoms with Gasteiger partial charge in [0.2, 0.25) is 0 Å². The molecule has 0 aromatic heterocycles. The average molecular weight is 264 g/mol. The van der Waals surface area contributed by atoms with E-state index in [2.05, 4.69) is 0 Å². The van der Waals surface area contributed by atoms with Crippen molar-refractivity contribution in [2.24, 2.45) is 0 Å². The van der Waals surface area contributed by atoms with Crippen LogP contribution in [0.4, 0.5) is 0 Å². The minimum Gasteiger partial charge on any atom is -0.361 e. The second-order valence-corrected chi connectivity index (χ2v) is 5.02. The van der Waals surface area contributed by atoms with Gasteiger partial charge >= 0.3 is 0 Å². The first-order chi connectivity index (χ1) is 9.36. The average Bonchev–Trinajstić information content (AvgIpc) is 3.27. The second-order valence-electron chi connectivity index (χ2n) is 5.02. The van der Waals surface area contributed by atoms with E-state index < -0.39 is 0 Å².